The number of hydrogen-bond donors (Lipinski definition) is 3. The predicted octanol–water partition coefficient (Wildman–Crippen LogP) is 6.13. The van der Waals surface area contributed by atoms with E-state index in [1.54, 1.807) is 0 Å². The summed E-state index contributed by atoms with van der Waals surface area (Å²) in [5, 5.41) is 19.2. The van der Waals surface area contributed by atoms with E-state index in [9.17, 15) is 9.90 Å². The van der Waals surface area contributed by atoms with Crippen LogP contribution in [0.25, 0.3) is 0 Å². The van der Waals surface area contributed by atoms with Gasteiger partial charge in [-0.25, -0.2) is 0 Å². The summed E-state index contributed by atoms with van der Waals surface area (Å²) >= 11 is 0. The summed E-state index contributed by atoms with van der Waals surface area (Å²) in [5.74, 6) is 3.47. The molecule has 0 spiro atoms. The van der Waals surface area contributed by atoms with E-state index in [2.05, 4.69) is 42.5 Å². The highest BCUT2D eigenvalue weighted by Gasteiger charge is 2.62. The molecule has 5 rings (SSSR count). The fourth-order valence-electron chi connectivity index (χ4n) is 10.4. The number of pyridine rings is 1. The van der Waals surface area contributed by atoms with Crippen LogP contribution in [0.1, 0.15) is 103 Å². The number of nitrogens with zero attached hydrogens (tertiary/aromatic N) is 1. The number of carbonyl (C=O) groups excluding carboxylic acids is 1. The maximum absolute atomic E-state index is 11.8. The highest BCUT2D eigenvalue weighted by atomic mass is 16.5. The van der Waals surface area contributed by atoms with Gasteiger partial charge in [0.2, 0.25) is 0 Å². The van der Waals surface area contributed by atoms with E-state index in [1.165, 1.54) is 70.5 Å². The predicted molar refractivity (Wildman–Crippen MR) is 164 cm³/mol. The molecule has 4 saturated carbocycles. The minimum absolute atomic E-state index is 0.0826. The monoisotopic (exact) mass is 567 g/mol. The van der Waals surface area contributed by atoms with Crippen molar-refractivity contribution in [3.63, 3.8) is 0 Å². The van der Waals surface area contributed by atoms with Gasteiger partial charge < -0.3 is 20.5 Å². The zero-order valence-electron chi connectivity index (χ0n) is 26.2. The molecule has 41 heavy (non-hydrogen) atoms. The average Bonchev–Trinajstić information content (AvgIpc) is 3.33. The van der Waals surface area contributed by atoms with Crippen LogP contribution in [0.5, 0.6) is 0 Å². The number of carbonyl (C=O) groups is 1. The van der Waals surface area contributed by atoms with Crippen LogP contribution in [0.3, 0.4) is 0 Å². The third-order valence-corrected chi connectivity index (χ3v) is 12.7. The first kappa shape index (κ1) is 30.9. The van der Waals surface area contributed by atoms with Crippen molar-refractivity contribution in [1.82, 2.24) is 15.6 Å². The lowest BCUT2D eigenvalue weighted by Crippen LogP contribution is -2.59. The SMILES string of the molecule is COC(=O)CC[C@@H](C)[C@H]1CCC2C3C(O)C[C@@H]4C[C@H](NCCCCNCc5cccnc5)CC[C@]4(C)C3CC[C@@]21C. The number of nitrogens with one attached hydrogen (secondary N) is 2. The molecule has 0 aliphatic heterocycles. The van der Waals surface area contributed by atoms with Crippen molar-refractivity contribution >= 4 is 5.97 Å². The molecule has 4 aliphatic rings. The van der Waals surface area contributed by atoms with E-state index >= 15 is 0 Å². The Kier molecular flexibility index (Phi) is 10.1. The van der Waals surface area contributed by atoms with Crippen LogP contribution in [0.2, 0.25) is 0 Å². The third-order valence-electron chi connectivity index (χ3n) is 12.7. The molecule has 0 amide bonds. The Hall–Kier alpha value is -1.50. The normalized spacial score (nSPS) is 38.9. The number of hydrogen-bond acceptors (Lipinski definition) is 6. The Morgan fingerprint density at radius 2 is 1.88 bits per heavy atom. The number of esters is 1. The first-order valence-electron chi connectivity index (χ1n) is 16.8. The molecule has 1 aromatic rings. The van der Waals surface area contributed by atoms with E-state index in [-0.39, 0.29) is 12.1 Å². The van der Waals surface area contributed by atoms with Gasteiger partial charge in [0.05, 0.1) is 13.2 Å². The van der Waals surface area contributed by atoms with Gasteiger partial charge in [-0.2, -0.15) is 0 Å². The lowest BCUT2D eigenvalue weighted by molar-refractivity contribution is -0.167. The molecule has 6 nitrogen and oxygen atoms in total. The summed E-state index contributed by atoms with van der Waals surface area (Å²) in [6.45, 7) is 10.5. The molecule has 1 aromatic heterocycles. The summed E-state index contributed by atoms with van der Waals surface area (Å²) in [4.78, 5) is 16.0. The minimum atomic E-state index is -0.156. The van der Waals surface area contributed by atoms with Gasteiger partial charge in [-0.15, -0.1) is 0 Å². The maximum atomic E-state index is 11.8. The Labute approximate surface area is 249 Å². The molecule has 0 saturated heterocycles. The van der Waals surface area contributed by atoms with Crippen LogP contribution in [-0.2, 0) is 16.1 Å². The smallest absolute Gasteiger partial charge is 0.305 e. The third kappa shape index (κ3) is 6.55. The average molecular weight is 568 g/mol. The second-order valence-electron chi connectivity index (χ2n) is 14.8. The lowest BCUT2D eigenvalue weighted by atomic mass is 9.43. The van der Waals surface area contributed by atoms with Crippen LogP contribution < -0.4 is 10.6 Å². The summed E-state index contributed by atoms with van der Waals surface area (Å²) in [7, 11) is 1.49. The van der Waals surface area contributed by atoms with E-state index in [1.807, 2.05) is 18.5 Å². The number of aliphatic hydroxyl groups is 1. The van der Waals surface area contributed by atoms with E-state index in [0.29, 0.717) is 58.8 Å². The fraction of sp³-hybridized carbons (Fsp3) is 0.829. The molecule has 3 N–H and O–H groups in total. The van der Waals surface area contributed by atoms with Gasteiger partial charge in [0.25, 0.3) is 0 Å². The van der Waals surface area contributed by atoms with Gasteiger partial charge in [0.1, 0.15) is 0 Å². The van der Waals surface area contributed by atoms with Crippen molar-refractivity contribution in [2.45, 2.75) is 117 Å². The van der Waals surface area contributed by atoms with Crippen LogP contribution in [0, 0.1) is 46.3 Å². The molecular weight excluding hydrogens is 510 g/mol. The maximum Gasteiger partial charge on any atom is 0.305 e. The molecule has 230 valence electrons. The van der Waals surface area contributed by atoms with Crippen LogP contribution >= 0.6 is 0 Å². The van der Waals surface area contributed by atoms with Gasteiger partial charge in [0, 0.05) is 31.4 Å². The van der Waals surface area contributed by atoms with Crippen LogP contribution in [-0.4, -0.2) is 48.4 Å². The molecular formula is C35H57N3O3. The van der Waals surface area contributed by atoms with Crippen molar-refractivity contribution in [1.29, 1.82) is 0 Å². The fourth-order valence-corrected chi connectivity index (χ4v) is 10.4. The van der Waals surface area contributed by atoms with Crippen molar-refractivity contribution in [3.05, 3.63) is 30.1 Å². The summed E-state index contributed by atoms with van der Waals surface area (Å²) in [5.41, 5.74) is 1.91. The molecule has 4 aliphatic carbocycles. The highest BCUT2D eigenvalue weighted by Crippen LogP contribution is 2.68. The largest absolute Gasteiger partial charge is 0.469 e. The Bertz CT molecular complexity index is 990. The zero-order valence-corrected chi connectivity index (χ0v) is 26.2. The molecule has 0 aromatic carbocycles. The van der Waals surface area contributed by atoms with E-state index < -0.39 is 0 Å². The van der Waals surface area contributed by atoms with Gasteiger partial charge in [-0.3, -0.25) is 9.78 Å². The number of unbranched alkanes of at least 4 members (excludes halogenated alkanes) is 1. The van der Waals surface area contributed by atoms with E-state index in [0.717, 1.165) is 32.5 Å². The topological polar surface area (TPSA) is 83.5 Å². The van der Waals surface area contributed by atoms with Gasteiger partial charge in [0.15, 0.2) is 0 Å². The number of fused-ring (bicyclic) bond motifs is 5. The number of aromatic nitrogens is 1. The number of aliphatic hydroxyl groups excluding tert-OH is 1. The van der Waals surface area contributed by atoms with Crippen LogP contribution in [0.15, 0.2) is 24.5 Å². The summed E-state index contributed by atoms with van der Waals surface area (Å²) in [6, 6.07) is 4.71. The van der Waals surface area contributed by atoms with Gasteiger partial charge in [-0.05, 0) is 142 Å². The standard InChI is InChI=1S/C35H57N3O3/c1-24(9-12-32(40)41-4)28-10-11-29-33-30(14-16-35(28,29)3)34(2)15-13-27(20-26(34)21-31(33)39)38-19-6-5-17-36-22-25-8-7-18-37-23-25/h7-8,18,23-24,26-31,33,36,38-39H,5-6,9-17,19-22H2,1-4H3/t24-,26+,27-,28-,29?,30?,31?,33?,34+,35-/m1/s1. The molecule has 4 unspecified atom stereocenters. The molecule has 4 fully saturated rings. The molecule has 1 heterocycles. The quantitative estimate of drug-likeness (QED) is 0.208. The first-order chi connectivity index (χ1) is 19.8. The summed E-state index contributed by atoms with van der Waals surface area (Å²) < 4.78 is 4.92. The summed E-state index contributed by atoms with van der Waals surface area (Å²) in [6.07, 6.45) is 17.3. The number of ether oxygens (including phenoxy) is 1. The van der Waals surface area contributed by atoms with Crippen LogP contribution in [0.4, 0.5) is 0 Å². The van der Waals surface area contributed by atoms with Crippen molar-refractivity contribution in [2.24, 2.45) is 46.3 Å². The highest BCUT2D eigenvalue weighted by molar-refractivity contribution is 5.69. The molecule has 6 heteroatoms. The second kappa shape index (κ2) is 13.4. The Morgan fingerprint density at radius 1 is 1.10 bits per heavy atom. The van der Waals surface area contributed by atoms with E-state index in [4.69, 9.17) is 4.74 Å². The molecule has 0 bridgehead atoms. The van der Waals surface area contributed by atoms with Gasteiger partial charge >= 0.3 is 5.97 Å². The Balaban J connectivity index is 1.10. The van der Waals surface area contributed by atoms with Gasteiger partial charge in [-0.1, -0.05) is 26.8 Å². The van der Waals surface area contributed by atoms with Crippen molar-refractivity contribution in [2.75, 3.05) is 20.2 Å². The molecule has 10 atom stereocenters. The Morgan fingerprint density at radius 3 is 2.66 bits per heavy atom. The molecule has 0 radical (unpaired) electrons. The number of rotatable bonds is 12. The lowest BCUT2D eigenvalue weighted by Gasteiger charge is -2.62. The first-order valence-corrected chi connectivity index (χ1v) is 16.8. The van der Waals surface area contributed by atoms with Crippen molar-refractivity contribution < 1.29 is 14.6 Å². The minimum Gasteiger partial charge on any atom is -0.469 e. The zero-order chi connectivity index (χ0) is 29.0. The van der Waals surface area contributed by atoms with Crippen molar-refractivity contribution in [3.8, 4) is 0 Å². The number of methoxy groups -OCH3 is 1. The second-order valence-corrected chi connectivity index (χ2v) is 14.8.